The number of rotatable bonds is 4. The molecule has 0 saturated carbocycles. The Morgan fingerprint density at radius 2 is 1.50 bits per heavy atom. The van der Waals surface area contributed by atoms with Crippen molar-refractivity contribution in [1.29, 1.82) is 0 Å². The average Bonchev–Trinajstić information content (AvgIpc) is 2.62. The molecule has 6 N–H and O–H groups in total. The highest BCUT2D eigenvalue weighted by atomic mass is 32.1. The minimum Gasteiger partial charge on any atom is -0.494 e. The van der Waals surface area contributed by atoms with E-state index in [1.807, 2.05) is 42.5 Å². The molecule has 2 aromatic heterocycles. The summed E-state index contributed by atoms with van der Waals surface area (Å²) in [6.45, 7) is 0. The van der Waals surface area contributed by atoms with Crippen molar-refractivity contribution in [2.45, 2.75) is 0 Å². The van der Waals surface area contributed by atoms with Gasteiger partial charge in [-0.05, 0) is 24.4 Å². The number of hydrogen-bond acceptors (Lipinski definition) is 4. The van der Waals surface area contributed by atoms with Crippen LogP contribution in [0.4, 0.5) is 5.69 Å². The summed E-state index contributed by atoms with van der Waals surface area (Å²) < 4.78 is -0.0625. The molecule has 0 aliphatic rings. The number of aromatic hydroxyl groups is 1. The highest BCUT2D eigenvalue weighted by molar-refractivity contribution is 7.71. The van der Waals surface area contributed by atoms with Crippen LogP contribution < -0.4 is 10.9 Å². The van der Waals surface area contributed by atoms with Crippen LogP contribution in [0.15, 0.2) is 59.4 Å². The van der Waals surface area contributed by atoms with Gasteiger partial charge in [-0.15, -0.1) is 0 Å². The fraction of sp³-hybridized carbons (Fsp3) is 0. The van der Waals surface area contributed by atoms with Crippen molar-refractivity contribution in [3.05, 3.63) is 75.3 Å². The molecule has 0 saturated heterocycles. The predicted octanol–water partition coefficient (Wildman–Crippen LogP) is 3.38. The molecule has 0 radical (unpaired) electrons. The Balaban J connectivity index is 1.55. The predicted molar refractivity (Wildman–Crippen MR) is 108 cm³/mol. The van der Waals surface area contributed by atoms with Crippen LogP contribution in [0.5, 0.6) is 5.88 Å². The van der Waals surface area contributed by atoms with E-state index >= 15 is 0 Å². The van der Waals surface area contributed by atoms with Crippen molar-refractivity contribution in [3.8, 4) is 28.4 Å². The SMILES string of the molecule is O=C(Nc1ccc(-c2[nH][nH]c2-c2ccccc2)cc1)c1c(O)[nH]c(=S)[nH]c1=O. The lowest BCUT2D eigenvalue weighted by atomic mass is 10.0. The first-order valence-corrected chi connectivity index (χ1v) is 8.73. The molecule has 0 aliphatic heterocycles. The van der Waals surface area contributed by atoms with Crippen molar-refractivity contribution < 1.29 is 9.90 Å². The third-order valence-electron chi connectivity index (χ3n) is 4.21. The average molecular weight is 393 g/mol. The van der Waals surface area contributed by atoms with Gasteiger partial charge in [0.1, 0.15) is 0 Å². The van der Waals surface area contributed by atoms with Crippen molar-refractivity contribution in [2.24, 2.45) is 0 Å². The van der Waals surface area contributed by atoms with Crippen molar-refractivity contribution in [2.75, 3.05) is 5.32 Å². The normalized spacial score (nSPS) is 10.7. The van der Waals surface area contributed by atoms with Gasteiger partial charge in [-0.25, -0.2) is 0 Å². The molecule has 8 nitrogen and oxygen atoms in total. The van der Waals surface area contributed by atoms with Crippen molar-refractivity contribution in [1.82, 2.24) is 20.2 Å². The van der Waals surface area contributed by atoms with Crippen LogP contribution >= 0.6 is 12.2 Å². The molecular formula is C19H15N5O3S. The number of H-pyrrole nitrogens is 4. The maximum atomic E-state index is 12.3. The van der Waals surface area contributed by atoms with Crippen molar-refractivity contribution in [3.63, 3.8) is 0 Å². The Morgan fingerprint density at radius 3 is 2.07 bits per heavy atom. The monoisotopic (exact) mass is 393 g/mol. The van der Waals surface area contributed by atoms with Crippen LogP contribution in [0.3, 0.4) is 0 Å². The van der Waals surface area contributed by atoms with Crippen LogP contribution in [0.25, 0.3) is 22.5 Å². The van der Waals surface area contributed by atoms with Crippen LogP contribution in [0.1, 0.15) is 10.4 Å². The second-order valence-electron chi connectivity index (χ2n) is 6.03. The van der Waals surface area contributed by atoms with Gasteiger partial charge < -0.3 is 15.4 Å². The van der Waals surface area contributed by atoms with Crippen LogP contribution in [0.2, 0.25) is 0 Å². The summed E-state index contributed by atoms with van der Waals surface area (Å²) >= 11 is 4.75. The number of amides is 1. The number of nitrogens with one attached hydrogen (secondary N) is 5. The first-order chi connectivity index (χ1) is 13.5. The fourth-order valence-corrected chi connectivity index (χ4v) is 3.01. The molecule has 0 aliphatic carbocycles. The van der Waals surface area contributed by atoms with Gasteiger partial charge in [0.05, 0.1) is 11.4 Å². The molecule has 140 valence electrons. The minimum absolute atomic E-state index is 0.0625. The molecule has 2 aromatic carbocycles. The lowest BCUT2D eigenvalue weighted by molar-refractivity contribution is 0.102. The molecule has 0 unspecified atom stereocenters. The second kappa shape index (κ2) is 7.05. The molecule has 0 spiro atoms. The number of carbonyl (C=O) groups excluding carboxylic acids is 1. The topological polar surface area (TPSA) is 130 Å². The maximum Gasteiger partial charge on any atom is 0.268 e. The van der Waals surface area contributed by atoms with Gasteiger partial charge in [0.2, 0.25) is 5.88 Å². The Kier molecular flexibility index (Phi) is 4.42. The second-order valence-corrected chi connectivity index (χ2v) is 6.44. The first kappa shape index (κ1) is 17.6. The molecule has 0 atom stereocenters. The maximum absolute atomic E-state index is 12.3. The zero-order chi connectivity index (χ0) is 19.7. The smallest absolute Gasteiger partial charge is 0.268 e. The largest absolute Gasteiger partial charge is 0.494 e. The van der Waals surface area contributed by atoms with Gasteiger partial charge in [-0.2, -0.15) is 0 Å². The Bertz CT molecular complexity index is 1250. The van der Waals surface area contributed by atoms with Gasteiger partial charge >= 0.3 is 0 Å². The van der Waals surface area contributed by atoms with Gasteiger partial charge in [-0.1, -0.05) is 42.5 Å². The summed E-state index contributed by atoms with van der Waals surface area (Å²) in [5, 5.41) is 18.5. The summed E-state index contributed by atoms with van der Waals surface area (Å²) in [6.07, 6.45) is 0. The van der Waals surface area contributed by atoms with E-state index in [2.05, 4.69) is 25.5 Å². The molecule has 1 amide bonds. The number of carbonyl (C=O) groups is 1. The van der Waals surface area contributed by atoms with E-state index in [0.717, 1.165) is 22.5 Å². The molecule has 4 rings (SSSR count). The molecule has 4 aromatic rings. The van der Waals surface area contributed by atoms with E-state index in [0.29, 0.717) is 5.69 Å². The number of hydrogen-bond donors (Lipinski definition) is 6. The minimum atomic E-state index is -0.766. The Labute approximate surface area is 163 Å². The van der Waals surface area contributed by atoms with E-state index in [4.69, 9.17) is 12.2 Å². The highest BCUT2D eigenvalue weighted by Gasteiger charge is 2.17. The van der Waals surface area contributed by atoms with E-state index in [9.17, 15) is 14.7 Å². The Hall–Kier alpha value is -3.85. The zero-order valence-electron chi connectivity index (χ0n) is 14.4. The molecule has 9 heteroatoms. The molecule has 0 fully saturated rings. The van der Waals surface area contributed by atoms with E-state index in [1.54, 1.807) is 12.1 Å². The fourth-order valence-electron chi connectivity index (χ4n) is 2.82. The zero-order valence-corrected chi connectivity index (χ0v) is 15.2. The van der Waals surface area contributed by atoms with E-state index < -0.39 is 22.9 Å². The van der Waals surface area contributed by atoms with Gasteiger partial charge in [0.15, 0.2) is 10.3 Å². The summed E-state index contributed by atoms with van der Waals surface area (Å²) in [6, 6.07) is 17.0. The number of aromatic amines is 4. The van der Waals surface area contributed by atoms with Gasteiger partial charge in [0, 0.05) is 16.8 Å². The summed E-state index contributed by atoms with van der Waals surface area (Å²) in [4.78, 5) is 28.8. The van der Waals surface area contributed by atoms with Gasteiger partial charge in [0.25, 0.3) is 11.5 Å². The highest BCUT2D eigenvalue weighted by Crippen LogP contribution is 2.30. The lowest BCUT2D eigenvalue weighted by Gasteiger charge is -2.15. The molecule has 2 heterocycles. The molecule has 28 heavy (non-hydrogen) atoms. The van der Waals surface area contributed by atoms with Crippen LogP contribution in [0, 0.1) is 4.77 Å². The van der Waals surface area contributed by atoms with Gasteiger partial charge in [-0.3, -0.25) is 24.8 Å². The summed E-state index contributed by atoms with van der Waals surface area (Å²) in [5.41, 5.74) is 3.19. The van der Waals surface area contributed by atoms with Crippen LogP contribution in [-0.4, -0.2) is 31.2 Å². The number of anilines is 1. The number of aromatic nitrogens is 4. The lowest BCUT2D eigenvalue weighted by Crippen LogP contribution is -2.24. The summed E-state index contributed by atoms with van der Waals surface area (Å²) in [7, 11) is 0. The van der Waals surface area contributed by atoms with E-state index in [-0.39, 0.29) is 4.77 Å². The van der Waals surface area contributed by atoms with E-state index in [1.165, 1.54) is 0 Å². The van der Waals surface area contributed by atoms with Crippen LogP contribution in [-0.2, 0) is 0 Å². The molecule has 0 bridgehead atoms. The Morgan fingerprint density at radius 1 is 0.893 bits per heavy atom. The summed E-state index contributed by atoms with van der Waals surface area (Å²) in [5.74, 6) is -1.32. The number of benzene rings is 2. The third kappa shape index (κ3) is 3.26. The van der Waals surface area contributed by atoms with Crippen molar-refractivity contribution >= 4 is 23.8 Å². The quantitative estimate of drug-likeness (QED) is 0.297. The molecular weight excluding hydrogens is 378 g/mol. The standard InChI is InChI=1S/C19H15N5O3S/c25-16(13-17(26)21-19(28)22-18(13)27)20-12-8-6-11(7-9-12)15-14(23-24-15)10-4-2-1-3-5-10/h1-9,23-24H,(H,20,25)(H3,21,22,26,27,28). The third-order valence-corrected chi connectivity index (χ3v) is 4.41. The first-order valence-electron chi connectivity index (χ1n) is 8.32.